The highest BCUT2D eigenvalue weighted by Crippen LogP contribution is 2.27. The molecule has 0 amide bonds. The van der Waals surface area contributed by atoms with Crippen LogP contribution < -0.4 is 20.7 Å². The Morgan fingerprint density at radius 3 is 1.67 bits per heavy atom. The fourth-order valence-corrected chi connectivity index (χ4v) is 5.31. The molecule has 4 heterocycles. The molecule has 3 N–H and O–H groups in total. The number of nitrogens with one attached hydrogen (secondary N) is 3. The molecule has 0 radical (unpaired) electrons. The smallest absolute Gasteiger partial charge is 0.216 e. The molecule has 0 bridgehead atoms. The van der Waals surface area contributed by atoms with Crippen molar-refractivity contribution in [3.8, 4) is 5.88 Å². The van der Waals surface area contributed by atoms with Crippen LogP contribution in [0.25, 0.3) is 0 Å². The SMILES string of the molecule is CC.CC.CC1CCC(C)CC1.CCCNCCC.Cc1cccnc1OC1CCNCC1.c1ccc(C2CCNCC2)nc1. The van der Waals surface area contributed by atoms with Crippen molar-refractivity contribution in [3.05, 3.63) is 54.0 Å². The summed E-state index contributed by atoms with van der Waals surface area (Å²) in [4.78, 5) is 8.60. The Balaban J connectivity index is 0.000000571. The first-order valence-electron chi connectivity index (χ1n) is 18.6. The summed E-state index contributed by atoms with van der Waals surface area (Å²) in [6.45, 7) is 25.9. The molecule has 2 aromatic heterocycles. The first-order chi connectivity index (χ1) is 22.0. The maximum atomic E-state index is 5.83. The number of nitrogens with zero attached hydrogens (tertiary/aromatic N) is 2. The largest absolute Gasteiger partial charge is 0.474 e. The third kappa shape index (κ3) is 22.2. The van der Waals surface area contributed by atoms with Crippen molar-refractivity contribution in [1.82, 2.24) is 25.9 Å². The minimum atomic E-state index is 0.338. The average Bonchev–Trinajstić information content (AvgIpc) is 3.11. The molecule has 2 saturated heterocycles. The van der Waals surface area contributed by atoms with Crippen molar-refractivity contribution in [2.24, 2.45) is 11.8 Å². The van der Waals surface area contributed by atoms with E-state index in [1.54, 1.807) is 6.20 Å². The summed E-state index contributed by atoms with van der Waals surface area (Å²) in [6.07, 6.45) is 17.0. The minimum Gasteiger partial charge on any atom is -0.474 e. The Hall–Kier alpha value is -2.02. The highest BCUT2D eigenvalue weighted by Gasteiger charge is 2.16. The van der Waals surface area contributed by atoms with E-state index in [2.05, 4.69) is 65.7 Å². The predicted molar refractivity (Wildman–Crippen MR) is 198 cm³/mol. The van der Waals surface area contributed by atoms with E-state index in [0.717, 1.165) is 62.3 Å². The topological polar surface area (TPSA) is 71.1 Å². The molecule has 0 spiro atoms. The fraction of sp³-hybridized carbons (Fsp3) is 0.744. The second-order valence-corrected chi connectivity index (χ2v) is 12.1. The molecule has 260 valence electrons. The van der Waals surface area contributed by atoms with Crippen molar-refractivity contribution in [3.63, 3.8) is 0 Å². The Morgan fingerprint density at radius 2 is 1.20 bits per heavy atom. The molecular weight excluding hydrogens is 554 g/mol. The molecule has 2 aliphatic heterocycles. The van der Waals surface area contributed by atoms with Gasteiger partial charge < -0.3 is 20.7 Å². The van der Waals surface area contributed by atoms with Crippen LogP contribution >= 0.6 is 0 Å². The monoisotopic (exact) mass is 628 g/mol. The third-order valence-electron chi connectivity index (χ3n) is 8.13. The summed E-state index contributed by atoms with van der Waals surface area (Å²) in [5.41, 5.74) is 2.38. The van der Waals surface area contributed by atoms with Gasteiger partial charge in [-0.15, -0.1) is 0 Å². The molecule has 6 nitrogen and oxygen atoms in total. The van der Waals surface area contributed by atoms with Gasteiger partial charge in [-0.2, -0.15) is 0 Å². The van der Waals surface area contributed by atoms with Crippen molar-refractivity contribution >= 4 is 0 Å². The number of piperidine rings is 2. The van der Waals surface area contributed by atoms with Crippen LogP contribution in [-0.2, 0) is 0 Å². The van der Waals surface area contributed by atoms with Gasteiger partial charge in [0.1, 0.15) is 6.10 Å². The quantitative estimate of drug-likeness (QED) is 0.266. The van der Waals surface area contributed by atoms with Gasteiger partial charge in [0.05, 0.1) is 0 Å². The molecule has 0 aromatic carbocycles. The van der Waals surface area contributed by atoms with E-state index in [1.165, 1.54) is 70.2 Å². The number of pyridine rings is 2. The maximum absolute atomic E-state index is 5.83. The fourth-order valence-electron chi connectivity index (χ4n) is 5.31. The standard InChI is InChI=1S/C11H16N2O.C10H14N2.C8H16.C6H15N.2C2H6/c1-9-3-2-6-13-11(9)14-10-4-7-12-8-5-10;1-2-6-12-10(3-1)9-4-7-11-8-5-9;1-7-3-5-8(2)6-4-7;1-3-5-7-6-4-2;2*1-2/h2-3,6,10,12H,4-5,7-8H2,1H3;1-3,6,9,11H,4-5,7-8H2;7-8H,3-6H2,1-2H3;7H,3-6H2,1-2H3;2*1-2H3. The Bertz CT molecular complexity index is 847. The van der Waals surface area contributed by atoms with Gasteiger partial charge in [-0.3, -0.25) is 4.98 Å². The molecule has 0 unspecified atom stereocenters. The third-order valence-corrected chi connectivity index (χ3v) is 8.13. The summed E-state index contributed by atoms with van der Waals surface area (Å²) >= 11 is 0. The zero-order valence-electron chi connectivity index (χ0n) is 31.0. The van der Waals surface area contributed by atoms with Gasteiger partial charge in [0.25, 0.3) is 0 Å². The average molecular weight is 628 g/mol. The van der Waals surface area contributed by atoms with Crippen molar-refractivity contribution in [2.75, 3.05) is 39.3 Å². The highest BCUT2D eigenvalue weighted by atomic mass is 16.5. The molecule has 5 rings (SSSR count). The van der Waals surface area contributed by atoms with Crippen LogP contribution in [0, 0.1) is 18.8 Å². The van der Waals surface area contributed by atoms with Crippen LogP contribution in [0.2, 0.25) is 0 Å². The van der Waals surface area contributed by atoms with E-state index in [9.17, 15) is 0 Å². The van der Waals surface area contributed by atoms with Crippen molar-refractivity contribution in [2.45, 2.75) is 139 Å². The van der Waals surface area contributed by atoms with E-state index in [-0.39, 0.29) is 0 Å². The molecule has 1 aliphatic carbocycles. The molecule has 3 aliphatic rings. The minimum absolute atomic E-state index is 0.338. The first kappa shape index (κ1) is 43.0. The normalized spacial score (nSPS) is 19.6. The second kappa shape index (κ2) is 30.6. The van der Waals surface area contributed by atoms with Crippen LogP contribution in [0.5, 0.6) is 5.88 Å². The number of aromatic nitrogens is 2. The molecular formula is C39H73N5O. The van der Waals surface area contributed by atoms with Gasteiger partial charge in [-0.1, -0.05) is 93.2 Å². The molecule has 45 heavy (non-hydrogen) atoms. The van der Waals surface area contributed by atoms with Crippen LogP contribution in [0.15, 0.2) is 42.7 Å². The van der Waals surface area contributed by atoms with Gasteiger partial charge in [0.2, 0.25) is 5.88 Å². The number of hydrogen-bond donors (Lipinski definition) is 3. The zero-order chi connectivity index (χ0) is 33.5. The van der Waals surface area contributed by atoms with Gasteiger partial charge in [-0.25, -0.2) is 4.98 Å². The maximum Gasteiger partial charge on any atom is 0.216 e. The summed E-state index contributed by atoms with van der Waals surface area (Å²) in [7, 11) is 0. The lowest BCUT2D eigenvalue weighted by Crippen LogP contribution is -2.34. The van der Waals surface area contributed by atoms with Crippen molar-refractivity contribution < 1.29 is 4.74 Å². The molecule has 2 aromatic rings. The van der Waals surface area contributed by atoms with Gasteiger partial charge >= 0.3 is 0 Å². The lowest BCUT2D eigenvalue weighted by Gasteiger charge is -2.23. The van der Waals surface area contributed by atoms with Crippen LogP contribution in [-0.4, -0.2) is 55.3 Å². The molecule has 1 saturated carbocycles. The van der Waals surface area contributed by atoms with Gasteiger partial charge in [-0.05, 0) is 115 Å². The van der Waals surface area contributed by atoms with Crippen molar-refractivity contribution in [1.29, 1.82) is 0 Å². The summed E-state index contributed by atoms with van der Waals surface area (Å²) in [5, 5.41) is 9.96. The summed E-state index contributed by atoms with van der Waals surface area (Å²) in [5.74, 6) is 3.52. The first-order valence-corrected chi connectivity index (χ1v) is 18.6. The Labute approximate surface area is 279 Å². The molecule has 0 atom stereocenters. The number of rotatable bonds is 7. The second-order valence-electron chi connectivity index (χ2n) is 12.1. The Morgan fingerprint density at radius 1 is 0.689 bits per heavy atom. The Kier molecular flexibility index (Phi) is 29.2. The van der Waals surface area contributed by atoms with E-state index in [4.69, 9.17) is 4.74 Å². The lowest BCUT2D eigenvalue weighted by atomic mass is 9.84. The van der Waals surface area contributed by atoms with Gasteiger partial charge in [0.15, 0.2) is 0 Å². The van der Waals surface area contributed by atoms with E-state index < -0.39 is 0 Å². The van der Waals surface area contributed by atoms with Crippen LogP contribution in [0.1, 0.15) is 137 Å². The molecule has 6 heteroatoms. The highest BCUT2D eigenvalue weighted by molar-refractivity contribution is 5.23. The zero-order valence-corrected chi connectivity index (χ0v) is 31.0. The predicted octanol–water partition coefficient (Wildman–Crippen LogP) is 9.35. The van der Waals surface area contributed by atoms with Gasteiger partial charge in [0, 0.05) is 29.6 Å². The lowest BCUT2D eigenvalue weighted by molar-refractivity contribution is 0.155. The number of hydrogen-bond acceptors (Lipinski definition) is 6. The van der Waals surface area contributed by atoms with Crippen LogP contribution in [0.4, 0.5) is 0 Å². The number of ether oxygens (including phenoxy) is 1. The van der Waals surface area contributed by atoms with E-state index in [1.807, 2.05) is 59.0 Å². The number of aryl methyl sites for hydroxylation is 1. The van der Waals surface area contributed by atoms with E-state index >= 15 is 0 Å². The van der Waals surface area contributed by atoms with E-state index in [0.29, 0.717) is 12.0 Å². The summed E-state index contributed by atoms with van der Waals surface area (Å²) in [6, 6.07) is 10.2. The summed E-state index contributed by atoms with van der Waals surface area (Å²) < 4.78 is 5.83. The van der Waals surface area contributed by atoms with Crippen LogP contribution in [0.3, 0.4) is 0 Å². The molecule has 3 fully saturated rings.